The van der Waals surface area contributed by atoms with Gasteiger partial charge in [0.15, 0.2) is 5.82 Å². The summed E-state index contributed by atoms with van der Waals surface area (Å²) in [7, 11) is 1.66. The first-order chi connectivity index (χ1) is 13.2. The molecule has 144 valence electrons. The molecule has 8 nitrogen and oxygen atoms in total. The SMILES string of the molecule is CCCCONc1nc(N)nc2ccn(Cc3ccc(CN)cc3OC)c12. The first-order valence-electron chi connectivity index (χ1n) is 9.02. The molecule has 0 amide bonds. The molecule has 8 heteroatoms. The van der Waals surface area contributed by atoms with Gasteiger partial charge in [0, 0.05) is 18.3 Å². The Kier molecular flexibility index (Phi) is 6.10. The Morgan fingerprint density at radius 1 is 1.22 bits per heavy atom. The topological polar surface area (TPSA) is 113 Å². The van der Waals surface area contributed by atoms with Crippen LogP contribution in [-0.4, -0.2) is 28.3 Å². The summed E-state index contributed by atoms with van der Waals surface area (Å²) in [5.74, 6) is 1.55. The van der Waals surface area contributed by atoms with E-state index in [2.05, 4.69) is 22.4 Å². The average Bonchev–Trinajstić information content (AvgIpc) is 3.08. The Morgan fingerprint density at radius 2 is 2.07 bits per heavy atom. The van der Waals surface area contributed by atoms with Crippen LogP contribution in [0.5, 0.6) is 5.75 Å². The quantitative estimate of drug-likeness (QED) is 0.392. The zero-order valence-electron chi connectivity index (χ0n) is 15.7. The summed E-state index contributed by atoms with van der Waals surface area (Å²) in [4.78, 5) is 14.1. The highest BCUT2D eigenvalue weighted by atomic mass is 16.6. The molecule has 2 aromatic heterocycles. The summed E-state index contributed by atoms with van der Waals surface area (Å²) in [6.45, 7) is 3.77. The van der Waals surface area contributed by atoms with Crippen LogP contribution in [-0.2, 0) is 17.9 Å². The van der Waals surface area contributed by atoms with Crippen LogP contribution < -0.4 is 21.7 Å². The maximum absolute atomic E-state index is 5.84. The second-order valence-corrected chi connectivity index (χ2v) is 6.26. The molecule has 0 radical (unpaired) electrons. The van der Waals surface area contributed by atoms with E-state index in [1.54, 1.807) is 7.11 Å². The summed E-state index contributed by atoms with van der Waals surface area (Å²) >= 11 is 0. The Balaban J connectivity index is 1.93. The standard InChI is InChI=1S/C19H26N6O2/c1-3-4-9-27-24-18-17-15(22-19(21)23-18)7-8-25(17)12-14-6-5-13(11-20)10-16(14)26-2/h5-8,10H,3-4,9,11-12,20H2,1-2H3,(H3,21,22,23,24). The van der Waals surface area contributed by atoms with Gasteiger partial charge in [-0.1, -0.05) is 25.5 Å². The molecule has 0 aliphatic heterocycles. The highest BCUT2D eigenvalue weighted by Crippen LogP contribution is 2.27. The molecule has 0 saturated carbocycles. The molecule has 2 heterocycles. The van der Waals surface area contributed by atoms with Crippen molar-refractivity contribution in [3.05, 3.63) is 41.6 Å². The minimum absolute atomic E-state index is 0.201. The van der Waals surface area contributed by atoms with Crippen LogP contribution in [0.3, 0.4) is 0 Å². The van der Waals surface area contributed by atoms with Crippen LogP contribution in [0.2, 0.25) is 0 Å². The van der Waals surface area contributed by atoms with E-state index < -0.39 is 0 Å². The van der Waals surface area contributed by atoms with Gasteiger partial charge in [0.25, 0.3) is 0 Å². The normalized spacial score (nSPS) is 11.1. The highest BCUT2D eigenvalue weighted by molar-refractivity contribution is 5.87. The fourth-order valence-corrected chi connectivity index (χ4v) is 2.89. The molecular weight excluding hydrogens is 344 g/mol. The number of rotatable bonds is 9. The molecule has 0 saturated heterocycles. The van der Waals surface area contributed by atoms with Crippen LogP contribution in [0.25, 0.3) is 11.0 Å². The summed E-state index contributed by atoms with van der Waals surface area (Å²) < 4.78 is 7.57. The fourth-order valence-electron chi connectivity index (χ4n) is 2.89. The van der Waals surface area contributed by atoms with Crippen molar-refractivity contribution in [3.8, 4) is 5.75 Å². The third-order valence-electron chi connectivity index (χ3n) is 4.32. The number of fused-ring (bicyclic) bond motifs is 1. The smallest absolute Gasteiger partial charge is 0.222 e. The van der Waals surface area contributed by atoms with Gasteiger partial charge in [0.2, 0.25) is 5.95 Å². The van der Waals surface area contributed by atoms with Crippen molar-refractivity contribution in [1.82, 2.24) is 14.5 Å². The third kappa shape index (κ3) is 4.29. The van der Waals surface area contributed by atoms with Crippen LogP contribution in [0.15, 0.2) is 30.5 Å². The van der Waals surface area contributed by atoms with Gasteiger partial charge in [-0.05, 0) is 24.1 Å². The molecule has 27 heavy (non-hydrogen) atoms. The number of nitrogens with two attached hydrogens (primary N) is 2. The third-order valence-corrected chi connectivity index (χ3v) is 4.32. The predicted octanol–water partition coefficient (Wildman–Crippen LogP) is 2.67. The number of aromatic nitrogens is 3. The van der Waals surface area contributed by atoms with E-state index >= 15 is 0 Å². The van der Waals surface area contributed by atoms with Crippen LogP contribution in [0, 0.1) is 0 Å². The molecule has 0 fully saturated rings. The van der Waals surface area contributed by atoms with Crippen molar-refractivity contribution in [1.29, 1.82) is 0 Å². The van der Waals surface area contributed by atoms with Gasteiger partial charge in [-0.3, -0.25) is 4.84 Å². The number of hydrogen-bond donors (Lipinski definition) is 3. The zero-order valence-corrected chi connectivity index (χ0v) is 15.7. The number of methoxy groups -OCH3 is 1. The molecule has 3 rings (SSSR count). The van der Waals surface area contributed by atoms with E-state index in [0.29, 0.717) is 25.5 Å². The Hall–Kier alpha value is -2.84. The largest absolute Gasteiger partial charge is 0.496 e. The molecule has 5 N–H and O–H groups in total. The molecule has 0 aliphatic rings. The number of nitrogen functional groups attached to an aromatic ring is 1. The Bertz CT molecular complexity index is 909. The lowest BCUT2D eigenvalue weighted by Gasteiger charge is -2.14. The minimum Gasteiger partial charge on any atom is -0.496 e. The summed E-state index contributed by atoms with van der Waals surface area (Å²) in [6, 6.07) is 7.90. The monoisotopic (exact) mass is 370 g/mol. The summed E-state index contributed by atoms with van der Waals surface area (Å²) in [5.41, 5.74) is 18.1. The maximum atomic E-state index is 5.84. The zero-order chi connectivity index (χ0) is 19.2. The number of unbranched alkanes of at least 4 members (excludes halogenated alkanes) is 1. The first kappa shape index (κ1) is 18.9. The van der Waals surface area contributed by atoms with E-state index in [0.717, 1.165) is 40.8 Å². The van der Waals surface area contributed by atoms with Crippen molar-refractivity contribution in [2.75, 3.05) is 24.9 Å². The lowest BCUT2D eigenvalue weighted by molar-refractivity contribution is 0.188. The van der Waals surface area contributed by atoms with Gasteiger partial charge < -0.3 is 20.8 Å². The number of nitrogens with one attached hydrogen (secondary N) is 1. The molecular formula is C19H26N6O2. The molecule has 0 unspecified atom stereocenters. The molecule has 0 bridgehead atoms. The number of nitrogens with zero attached hydrogens (tertiary/aromatic N) is 3. The lowest BCUT2D eigenvalue weighted by atomic mass is 10.1. The number of anilines is 2. The molecule has 3 aromatic rings. The lowest BCUT2D eigenvalue weighted by Crippen LogP contribution is -2.10. The first-order valence-corrected chi connectivity index (χ1v) is 9.02. The van der Waals surface area contributed by atoms with Crippen molar-refractivity contribution in [2.45, 2.75) is 32.9 Å². The van der Waals surface area contributed by atoms with Crippen LogP contribution in [0.4, 0.5) is 11.8 Å². The summed E-state index contributed by atoms with van der Waals surface area (Å²) in [6.07, 6.45) is 3.96. The summed E-state index contributed by atoms with van der Waals surface area (Å²) in [5, 5.41) is 0. The second-order valence-electron chi connectivity index (χ2n) is 6.26. The Morgan fingerprint density at radius 3 is 2.81 bits per heavy atom. The van der Waals surface area contributed by atoms with Gasteiger partial charge in [-0.25, -0.2) is 10.5 Å². The molecule has 0 aliphatic carbocycles. The Labute approximate surface area is 158 Å². The number of hydrogen-bond acceptors (Lipinski definition) is 7. The van der Waals surface area contributed by atoms with E-state index in [-0.39, 0.29) is 5.95 Å². The molecule has 0 atom stereocenters. The van der Waals surface area contributed by atoms with Crippen molar-refractivity contribution < 1.29 is 9.57 Å². The van der Waals surface area contributed by atoms with E-state index in [9.17, 15) is 0 Å². The number of ether oxygens (including phenoxy) is 1. The van der Waals surface area contributed by atoms with Crippen molar-refractivity contribution in [3.63, 3.8) is 0 Å². The van der Waals surface area contributed by atoms with E-state index in [1.165, 1.54) is 0 Å². The minimum atomic E-state index is 0.201. The van der Waals surface area contributed by atoms with Crippen LogP contribution in [0.1, 0.15) is 30.9 Å². The predicted molar refractivity (Wildman–Crippen MR) is 106 cm³/mol. The van der Waals surface area contributed by atoms with Crippen molar-refractivity contribution >= 4 is 22.8 Å². The van der Waals surface area contributed by atoms with Crippen LogP contribution >= 0.6 is 0 Å². The number of benzene rings is 1. The average molecular weight is 370 g/mol. The van der Waals surface area contributed by atoms with Gasteiger partial charge in [-0.2, -0.15) is 4.98 Å². The molecule has 0 spiro atoms. The second kappa shape index (κ2) is 8.70. The molecule has 1 aromatic carbocycles. The maximum Gasteiger partial charge on any atom is 0.222 e. The van der Waals surface area contributed by atoms with Crippen molar-refractivity contribution in [2.24, 2.45) is 5.73 Å². The van der Waals surface area contributed by atoms with Gasteiger partial charge in [0.1, 0.15) is 11.3 Å². The van der Waals surface area contributed by atoms with Gasteiger partial charge >= 0.3 is 0 Å². The van der Waals surface area contributed by atoms with Gasteiger partial charge in [0.05, 0.1) is 25.8 Å². The fraction of sp³-hybridized carbons (Fsp3) is 0.368. The highest BCUT2D eigenvalue weighted by Gasteiger charge is 2.13. The van der Waals surface area contributed by atoms with Gasteiger partial charge in [-0.15, -0.1) is 0 Å². The van der Waals surface area contributed by atoms with E-state index in [1.807, 2.05) is 35.0 Å². The van der Waals surface area contributed by atoms with E-state index in [4.69, 9.17) is 21.0 Å².